The summed E-state index contributed by atoms with van der Waals surface area (Å²) in [5.74, 6) is -4.26. The molecule has 3 amide bonds. The van der Waals surface area contributed by atoms with Crippen LogP contribution in [-0.2, 0) is 17.9 Å². The molecule has 2 aromatic rings. The second-order valence-corrected chi connectivity index (χ2v) is 8.83. The summed E-state index contributed by atoms with van der Waals surface area (Å²) < 4.78 is 42.0. The molecule has 0 radical (unpaired) electrons. The zero-order valence-electron chi connectivity index (χ0n) is 17.0. The third kappa shape index (κ3) is 3.24. The van der Waals surface area contributed by atoms with Crippen LogP contribution in [0.25, 0.3) is 0 Å². The molecule has 1 saturated heterocycles. The first-order valence-electron chi connectivity index (χ1n) is 10.3. The van der Waals surface area contributed by atoms with E-state index in [-0.39, 0.29) is 29.6 Å². The minimum Gasteiger partial charge on any atom is -0.314 e. The fourth-order valence-electron chi connectivity index (χ4n) is 4.83. The summed E-state index contributed by atoms with van der Waals surface area (Å²) in [5.41, 5.74) is 1.35. The van der Waals surface area contributed by atoms with Crippen LogP contribution in [0.1, 0.15) is 38.3 Å². The molecular formula is C21H22F3N5O2. The third-order valence-electron chi connectivity index (χ3n) is 6.74. The van der Waals surface area contributed by atoms with E-state index in [0.29, 0.717) is 25.2 Å². The lowest BCUT2D eigenvalue weighted by Gasteiger charge is -2.37. The van der Waals surface area contributed by atoms with E-state index in [0.717, 1.165) is 37.1 Å². The quantitative estimate of drug-likeness (QED) is 0.736. The van der Waals surface area contributed by atoms with Crippen molar-refractivity contribution in [2.45, 2.75) is 51.7 Å². The van der Waals surface area contributed by atoms with Gasteiger partial charge in [-0.05, 0) is 25.2 Å². The number of hydrogen-bond acceptors (Lipinski definition) is 3. The summed E-state index contributed by atoms with van der Waals surface area (Å²) in [6.45, 7) is 3.10. The molecule has 0 unspecified atom stereocenters. The number of amides is 3. The average Bonchev–Trinajstić information content (AvgIpc) is 3.25. The molecule has 1 saturated carbocycles. The third-order valence-corrected chi connectivity index (χ3v) is 6.74. The molecule has 10 heteroatoms. The molecule has 0 bridgehead atoms. The summed E-state index contributed by atoms with van der Waals surface area (Å²) in [6.07, 6.45) is 5.46. The van der Waals surface area contributed by atoms with Gasteiger partial charge in [0.05, 0.1) is 36.7 Å². The maximum atomic E-state index is 13.5. The molecule has 164 valence electrons. The first kappa shape index (κ1) is 19.9. The highest BCUT2D eigenvalue weighted by Gasteiger charge is 2.48. The molecular weight excluding hydrogens is 411 g/mol. The van der Waals surface area contributed by atoms with E-state index < -0.39 is 23.5 Å². The van der Waals surface area contributed by atoms with Crippen molar-refractivity contribution in [1.82, 2.24) is 14.7 Å². The van der Waals surface area contributed by atoms with E-state index in [1.807, 2.05) is 6.92 Å². The Morgan fingerprint density at radius 2 is 1.94 bits per heavy atom. The standard InChI is InChI=1S/C21H22F3N5O2/c1-12-9-29-17(16(8-25-29)28-11-21(3-2-4-21)7-18(28)30)10-27(12)20(31)26-13-5-14(22)19(24)15(23)6-13/h5-6,8,12H,2-4,7,9-11H2,1H3,(H,26,31)/t12-/m0/s1. The van der Waals surface area contributed by atoms with Crippen molar-refractivity contribution in [1.29, 1.82) is 0 Å². The fraction of sp³-hybridized carbons (Fsp3) is 0.476. The number of carbonyl (C=O) groups is 2. The van der Waals surface area contributed by atoms with Gasteiger partial charge in [0.15, 0.2) is 17.5 Å². The number of benzene rings is 1. The van der Waals surface area contributed by atoms with Crippen molar-refractivity contribution in [2.75, 3.05) is 16.8 Å². The van der Waals surface area contributed by atoms with Crippen LogP contribution in [-0.4, -0.2) is 39.2 Å². The Bertz CT molecular complexity index is 1060. The molecule has 1 aromatic carbocycles. The van der Waals surface area contributed by atoms with Crippen LogP contribution >= 0.6 is 0 Å². The Morgan fingerprint density at radius 3 is 2.55 bits per heavy atom. The first-order chi connectivity index (χ1) is 14.8. The Balaban J connectivity index is 1.37. The normalized spacial score (nSPS) is 21.9. The van der Waals surface area contributed by atoms with Crippen molar-refractivity contribution in [3.63, 3.8) is 0 Å². The van der Waals surface area contributed by atoms with E-state index in [1.54, 1.807) is 15.8 Å². The highest BCUT2D eigenvalue weighted by atomic mass is 19.2. The summed E-state index contributed by atoms with van der Waals surface area (Å²) in [7, 11) is 0. The Kier molecular flexibility index (Phi) is 4.49. The Labute approximate surface area is 176 Å². The SMILES string of the molecule is C[C@H]1Cn2ncc(N3CC4(CCC4)CC3=O)c2CN1C(=O)Nc1cc(F)c(F)c(F)c1. The number of carbonyl (C=O) groups excluding carboxylic acids is 2. The number of urea groups is 1. The molecule has 7 nitrogen and oxygen atoms in total. The highest BCUT2D eigenvalue weighted by molar-refractivity contribution is 5.97. The number of rotatable bonds is 2. The second kappa shape index (κ2) is 7.00. The van der Waals surface area contributed by atoms with Crippen LogP contribution in [0.2, 0.25) is 0 Å². The summed E-state index contributed by atoms with van der Waals surface area (Å²) >= 11 is 0. The number of anilines is 2. The minimum atomic E-state index is -1.59. The van der Waals surface area contributed by atoms with E-state index in [9.17, 15) is 22.8 Å². The Morgan fingerprint density at radius 1 is 1.23 bits per heavy atom. The fourth-order valence-corrected chi connectivity index (χ4v) is 4.83. The van der Waals surface area contributed by atoms with E-state index in [4.69, 9.17) is 0 Å². The average molecular weight is 433 g/mol. The number of nitrogens with zero attached hydrogens (tertiary/aromatic N) is 4. The first-order valence-corrected chi connectivity index (χ1v) is 10.3. The van der Waals surface area contributed by atoms with Crippen LogP contribution in [0.3, 0.4) is 0 Å². The molecule has 1 spiro atoms. The van der Waals surface area contributed by atoms with E-state index >= 15 is 0 Å². The Hall–Kier alpha value is -3.04. The number of fused-ring (bicyclic) bond motifs is 1. The van der Waals surface area contributed by atoms with Gasteiger partial charge in [0, 0.05) is 30.8 Å². The van der Waals surface area contributed by atoms with Gasteiger partial charge in [-0.3, -0.25) is 9.48 Å². The predicted molar refractivity (Wildman–Crippen MR) is 106 cm³/mol. The number of aromatic nitrogens is 2. The molecule has 1 aliphatic carbocycles. The maximum Gasteiger partial charge on any atom is 0.322 e. The zero-order valence-corrected chi connectivity index (χ0v) is 17.0. The molecule has 1 aromatic heterocycles. The van der Waals surface area contributed by atoms with Crippen molar-refractivity contribution >= 4 is 23.3 Å². The summed E-state index contributed by atoms with van der Waals surface area (Å²) in [4.78, 5) is 28.8. The number of nitrogens with one attached hydrogen (secondary N) is 1. The van der Waals surface area contributed by atoms with Crippen LogP contribution < -0.4 is 10.2 Å². The smallest absolute Gasteiger partial charge is 0.314 e. The van der Waals surface area contributed by atoms with Gasteiger partial charge < -0.3 is 15.1 Å². The summed E-state index contributed by atoms with van der Waals surface area (Å²) in [6, 6.07) is 0.658. The molecule has 2 fully saturated rings. The summed E-state index contributed by atoms with van der Waals surface area (Å²) in [5, 5.41) is 6.85. The van der Waals surface area contributed by atoms with Crippen molar-refractivity contribution in [2.24, 2.45) is 5.41 Å². The minimum absolute atomic E-state index is 0.0711. The van der Waals surface area contributed by atoms with Gasteiger partial charge in [0.1, 0.15) is 0 Å². The molecule has 1 atom stereocenters. The number of halogens is 3. The predicted octanol–water partition coefficient (Wildman–Crippen LogP) is 3.64. The molecule has 31 heavy (non-hydrogen) atoms. The topological polar surface area (TPSA) is 70.5 Å². The van der Waals surface area contributed by atoms with Gasteiger partial charge >= 0.3 is 6.03 Å². The molecule has 1 N–H and O–H groups in total. The molecule has 3 heterocycles. The van der Waals surface area contributed by atoms with Crippen LogP contribution in [0.15, 0.2) is 18.3 Å². The van der Waals surface area contributed by atoms with Gasteiger partial charge in [0.2, 0.25) is 5.91 Å². The highest BCUT2D eigenvalue weighted by Crippen LogP contribution is 2.49. The largest absolute Gasteiger partial charge is 0.322 e. The lowest BCUT2D eigenvalue weighted by atomic mass is 9.68. The molecule has 3 aliphatic rings. The lowest BCUT2D eigenvalue weighted by molar-refractivity contribution is -0.118. The van der Waals surface area contributed by atoms with Gasteiger partial charge in [-0.2, -0.15) is 5.10 Å². The maximum absolute atomic E-state index is 13.5. The second-order valence-electron chi connectivity index (χ2n) is 8.83. The van der Waals surface area contributed by atoms with Crippen LogP contribution in [0.4, 0.5) is 29.3 Å². The van der Waals surface area contributed by atoms with E-state index in [1.165, 1.54) is 4.90 Å². The van der Waals surface area contributed by atoms with Crippen molar-refractivity contribution in [3.8, 4) is 0 Å². The van der Waals surface area contributed by atoms with Crippen molar-refractivity contribution in [3.05, 3.63) is 41.5 Å². The van der Waals surface area contributed by atoms with Crippen molar-refractivity contribution < 1.29 is 22.8 Å². The monoisotopic (exact) mass is 433 g/mol. The van der Waals surface area contributed by atoms with Crippen LogP contribution in [0.5, 0.6) is 0 Å². The molecule has 5 rings (SSSR count). The number of hydrogen-bond donors (Lipinski definition) is 1. The van der Waals surface area contributed by atoms with Gasteiger partial charge in [-0.15, -0.1) is 0 Å². The van der Waals surface area contributed by atoms with Gasteiger partial charge in [-0.1, -0.05) is 6.42 Å². The zero-order chi connectivity index (χ0) is 21.9. The van der Waals surface area contributed by atoms with E-state index in [2.05, 4.69) is 10.4 Å². The lowest BCUT2D eigenvalue weighted by Crippen LogP contribution is -2.47. The molecule has 2 aliphatic heterocycles. The van der Waals surface area contributed by atoms with Crippen LogP contribution in [0, 0.1) is 22.9 Å². The van der Waals surface area contributed by atoms with Gasteiger partial charge in [0.25, 0.3) is 0 Å². The van der Waals surface area contributed by atoms with Gasteiger partial charge in [-0.25, -0.2) is 18.0 Å².